The van der Waals surface area contributed by atoms with Gasteiger partial charge in [-0.1, -0.05) is 6.07 Å². The van der Waals surface area contributed by atoms with Crippen LogP contribution in [0.5, 0.6) is 5.75 Å². The Labute approximate surface area is 106 Å². The number of piperidine rings is 1. The predicted octanol–water partition coefficient (Wildman–Crippen LogP) is 2.26. The molecule has 100 valence electrons. The van der Waals surface area contributed by atoms with Crippen molar-refractivity contribution in [3.8, 4) is 5.75 Å². The second-order valence-corrected chi connectivity index (χ2v) is 4.72. The molecule has 2 rings (SSSR count). The fourth-order valence-corrected chi connectivity index (χ4v) is 2.21. The first-order chi connectivity index (χ1) is 8.55. The number of alkyl halides is 2. The molecule has 1 saturated heterocycles. The van der Waals surface area contributed by atoms with Crippen LogP contribution in [-0.4, -0.2) is 32.2 Å². The van der Waals surface area contributed by atoms with E-state index < -0.39 is 12.0 Å². The average Bonchev–Trinajstić information content (AvgIpc) is 2.39. The van der Waals surface area contributed by atoms with E-state index in [0.717, 1.165) is 11.4 Å². The van der Waals surface area contributed by atoms with E-state index in [1.807, 2.05) is 24.3 Å². The third-order valence-electron chi connectivity index (χ3n) is 3.55. The van der Waals surface area contributed by atoms with Gasteiger partial charge in [-0.2, -0.15) is 0 Å². The maximum absolute atomic E-state index is 12.8. The van der Waals surface area contributed by atoms with Crippen LogP contribution in [-0.2, 0) is 0 Å². The number of benzene rings is 1. The molecule has 0 saturated carbocycles. The van der Waals surface area contributed by atoms with Crippen molar-refractivity contribution in [2.75, 3.05) is 25.1 Å². The molecule has 0 radical (unpaired) electrons. The van der Waals surface area contributed by atoms with Crippen molar-refractivity contribution in [3.63, 3.8) is 0 Å². The van der Waals surface area contributed by atoms with Crippen LogP contribution in [0.1, 0.15) is 12.8 Å². The zero-order chi connectivity index (χ0) is 13.2. The fraction of sp³-hybridized carbons (Fsp3) is 0.538. The molecule has 0 aliphatic carbocycles. The molecule has 1 aliphatic rings. The second-order valence-electron chi connectivity index (χ2n) is 4.72. The largest absolute Gasteiger partial charge is 0.497 e. The number of anilines is 1. The van der Waals surface area contributed by atoms with Gasteiger partial charge in [0.15, 0.2) is 0 Å². The molecule has 3 nitrogen and oxygen atoms in total. The summed E-state index contributed by atoms with van der Waals surface area (Å²) >= 11 is 0. The van der Waals surface area contributed by atoms with Gasteiger partial charge in [-0.05, 0) is 25.0 Å². The van der Waals surface area contributed by atoms with E-state index >= 15 is 0 Å². The zero-order valence-electron chi connectivity index (χ0n) is 10.4. The first-order valence-corrected chi connectivity index (χ1v) is 6.01. The number of nitrogens with zero attached hydrogens (tertiary/aromatic N) is 1. The van der Waals surface area contributed by atoms with Crippen LogP contribution in [0.15, 0.2) is 24.3 Å². The van der Waals surface area contributed by atoms with Crippen molar-refractivity contribution in [2.45, 2.75) is 24.8 Å². The highest BCUT2D eigenvalue weighted by molar-refractivity contribution is 5.51. The standard InChI is InChI=1S/C13H18F2N2O/c1-18-11-4-2-3-10(9-11)17-7-5-13(16,6-8-17)12(14)15/h2-4,9,12H,5-8,16H2,1H3. The average molecular weight is 256 g/mol. The lowest BCUT2D eigenvalue weighted by Gasteiger charge is -2.39. The lowest BCUT2D eigenvalue weighted by Crippen LogP contribution is -2.55. The summed E-state index contributed by atoms with van der Waals surface area (Å²) in [5.74, 6) is 0.769. The van der Waals surface area contributed by atoms with Gasteiger partial charge in [0.05, 0.1) is 12.6 Å². The highest BCUT2D eigenvalue weighted by Crippen LogP contribution is 2.30. The normalized spacial score (nSPS) is 19.1. The van der Waals surface area contributed by atoms with Gasteiger partial charge in [0.1, 0.15) is 5.75 Å². The molecule has 0 amide bonds. The summed E-state index contributed by atoms with van der Waals surface area (Å²) in [6.45, 7) is 1.10. The molecule has 1 aliphatic heterocycles. The van der Waals surface area contributed by atoms with Crippen LogP contribution in [0.25, 0.3) is 0 Å². The number of rotatable bonds is 3. The molecule has 2 N–H and O–H groups in total. The maximum atomic E-state index is 12.8. The van der Waals surface area contributed by atoms with Crippen LogP contribution >= 0.6 is 0 Å². The van der Waals surface area contributed by atoms with Crippen molar-refractivity contribution < 1.29 is 13.5 Å². The van der Waals surface area contributed by atoms with E-state index in [0.29, 0.717) is 25.9 Å². The van der Waals surface area contributed by atoms with Gasteiger partial charge in [0.25, 0.3) is 6.43 Å². The van der Waals surface area contributed by atoms with Gasteiger partial charge in [-0.3, -0.25) is 0 Å². The third-order valence-corrected chi connectivity index (χ3v) is 3.55. The molecule has 1 aromatic carbocycles. The second kappa shape index (κ2) is 5.10. The highest BCUT2D eigenvalue weighted by atomic mass is 19.3. The number of hydrogen-bond acceptors (Lipinski definition) is 3. The van der Waals surface area contributed by atoms with Crippen molar-refractivity contribution >= 4 is 5.69 Å². The summed E-state index contributed by atoms with van der Waals surface area (Å²) in [7, 11) is 1.61. The molecule has 0 spiro atoms. The summed E-state index contributed by atoms with van der Waals surface area (Å²) in [5.41, 5.74) is 5.36. The maximum Gasteiger partial charge on any atom is 0.256 e. The first-order valence-electron chi connectivity index (χ1n) is 6.01. The smallest absolute Gasteiger partial charge is 0.256 e. The van der Waals surface area contributed by atoms with Gasteiger partial charge in [0, 0.05) is 24.8 Å². The van der Waals surface area contributed by atoms with Crippen LogP contribution in [0.4, 0.5) is 14.5 Å². The molecule has 5 heteroatoms. The van der Waals surface area contributed by atoms with Crippen LogP contribution in [0.2, 0.25) is 0 Å². The van der Waals surface area contributed by atoms with E-state index in [9.17, 15) is 8.78 Å². The number of ether oxygens (including phenoxy) is 1. The Kier molecular flexibility index (Phi) is 3.71. The van der Waals surface area contributed by atoms with E-state index in [-0.39, 0.29) is 0 Å². The van der Waals surface area contributed by atoms with Crippen LogP contribution in [0, 0.1) is 0 Å². The quantitative estimate of drug-likeness (QED) is 0.901. The third kappa shape index (κ3) is 2.56. The van der Waals surface area contributed by atoms with Crippen LogP contribution in [0.3, 0.4) is 0 Å². The van der Waals surface area contributed by atoms with Gasteiger partial charge >= 0.3 is 0 Å². The topological polar surface area (TPSA) is 38.5 Å². The summed E-state index contributed by atoms with van der Waals surface area (Å²) in [5, 5.41) is 0. The van der Waals surface area contributed by atoms with E-state index in [1.54, 1.807) is 7.11 Å². The monoisotopic (exact) mass is 256 g/mol. The summed E-state index contributed by atoms with van der Waals surface area (Å²) in [6, 6.07) is 7.62. The van der Waals surface area contributed by atoms with E-state index in [1.165, 1.54) is 0 Å². The minimum Gasteiger partial charge on any atom is -0.497 e. The lowest BCUT2D eigenvalue weighted by molar-refractivity contribution is 0.0391. The van der Waals surface area contributed by atoms with Crippen molar-refractivity contribution in [3.05, 3.63) is 24.3 Å². The SMILES string of the molecule is COc1cccc(N2CCC(N)(C(F)F)CC2)c1. The zero-order valence-corrected chi connectivity index (χ0v) is 10.4. The molecular weight excluding hydrogens is 238 g/mol. The minimum absolute atomic E-state index is 0.307. The van der Waals surface area contributed by atoms with E-state index in [2.05, 4.69) is 4.90 Å². The van der Waals surface area contributed by atoms with Crippen molar-refractivity contribution in [1.82, 2.24) is 0 Å². The molecule has 1 aromatic rings. The minimum atomic E-state index is -2.45. The molecular formula is C13H18F2N2O. The van der Waals surface area contributed by atoms with Gasteiger partial charge in [-0.25, -0.2) is 8.78 Å². The van der Waals surface area contributed by atoms with Gasteiger partial charge in [0.2, 0.25) is 0 Å². The Balaban J connectivity index is 2.05. The summed E-state index contributed by atoms with van der Waals surface area (Å²) in [6.07, 6.45) is -1.84. The number of nitrogens with two attached hydrogens (primary N) is 1. The number of halogens is 2. The first kappa shape index (κ1) is 13.1. The van der Waals surface area contributed by atoms with E-state index in [4.69, 9.17) is 10.5 Å². The lowest BCUT2D eigenvalue weighted by atomic mass is 9.89. The molecule has 0 bridgehead atoms. The Bertz CT molecular complexity index is 404. The summed E-state index contributed by atoms with van der Waals surface area (Å²) in [4.78, 5) is 2.07. The van der Waals surface area contributed by atoms with Gasteiger partial charge < -0.3 is 15.4 Å². The molecule has 1 heterocycles. The molecule has 0 aromatic heterocycles. The molecule has 1 fully saturated rings. The van der Waals surface area contributed by atoms with Crippen molar-refractivity contribution in [1.29, 1.82) is 0 Å². The molecule has 0 unspecified atom stereocenters. The fourth-order valence-electron chi connectivity index (χ4n) is 2.21. The van der Waals surface area contributed by atoms with Gasteiger partial charge in [-0.15, -0.1) is 0 Å². The molecule has 18 heavy (non-hydrogen) atoms. The summed E-state index contributed by atoms with van der Waals surface area (Å²) < 4.78 is 30.7. The highest BCUT2D eigenvalue weighted by Gasteiger charge is 2.38. The number of hydrogen-bond donors (Lipinski definition) is 1. The predicted molar refractivity (Wildman–Crippen MR) is 67.4 cm³/mol. The Morgan fingerprint density at radius 2 is 2.00 bits per heavy atom. The number of methoxy groups -OCH3 is 1. The molecule has 0 atom stereocenters. The van der Waals surface area contributed by atoms with Crippen LogP contribution < -0.4 is 15.4 Å². The Hall–Kier alpha value is -1.36. The Morgan fingerprint density at radius 3 is 2.56 bits per heavy atom. The van der Waals surface area contributed by atoms with Crippen molar-refractivity contribution in [2.24, 2.45) is 5.73 Å². The Morgan fingerprint density at radius 1 is 1.33 bits per heavy atom.